The molecule has 0 saturated carbocycles. The highest BCUT2D eigenvalue weighted by Crippen LogP contribution is 2.29. The Morgan fingerprint density at radius 2 is 2.33 bits per heavy atom. The molecule has 1 saturated heterocycles. The maximum atomic E-state index is 12.2. The SMILES string of the molecule is O=C(NC[C@@H]1CCCO1)Nc1ccc(Cl)c(OC(F)F)c1. The smallest absolute Gasteiger partial charge is 0.387 e. The molecule has 2 N–H and O–H groups in total. The third-order valence-corrected chi connectivity index (χ3v) is 3.23. The normalized spacial score (nSPS) is 17.8. The van der Waals surface area contributed by atoms with Crippen molar-refractivity contribution in [3.05, 3.63) is 23.2 Å². The van der Waals surface area contributed by atoms with E-state index in [2.05, 4.69) is 15.4 Å². The van der Waals surface area contributed by atoms with E-state index >= 15 is 0 Å². The van der Waals surface area contributed by atoms with Crippen LogP contribution in [-0.2, 0) is 4.74 Å². The van der Waals surface area contributed by atoms with E-state index in [-0.39, 0.29) is 16.9 Å². The molecule has 5 nitrogen and oxygen atoms in total. The molecule has 2 rings (SSSR count). The van der Waals surface area contributed by atoms with Gasteiger partial charge >= 0.3 is 12.6 Å². The number of rotatable bonds is 5. The summed E-state index contributed by atoms with van der Waals surface area (Å²) < 4.78 is 34.0. The molecular weight excluding hydrogens is 306 g/mol. The number of benzene rings is 1. The van der Waals surface area contributed by atoms with E-state index in [1.165, 1.54) is 18.2 Å². The summed E-state index contributed by atoms with van der Waals surface area (Å²) in [6, 6.07) is 3.65. The summed E-state index contributed by atoms with van der Waals surface area (Å²) in [7, 11) is 0. The number of amides is 2. The van der Waals surface area contributed by atoms with Crippen molar-refractivity contribution >= 4 is 23.3 Å². The van der Waals surface area contributed by atoms with E-state index in [9.17, 15) is 13.6 Å². The van der Waals surface area contributed by atoms with Crippen molar-refractivity contribution in [1.82, 2.24) is 5.32 Å². The van der Waals surface area contributed by atoms with E-state index in [1.807, 2.05) is 0 Å². The van der Waals surface area contributed by atoms with Crippen LogP contribution >= 0.6 is 11.6 Å². The zero-order chi connectivity index (χ0) is 15.2. The molecule has 0 bridgehead atoms. The summed E-state index contributed by atoms with van der Waals surface area (Å²) in [5.41, 5.74) is 0.305. The molecule has 0 spiro atoms. The molecule has 0 aromatic heterocycles. The van der Waals surface area contributed by atoms with Crippen molar-refractivity contribution in [3.63, 3.8) is 0 Å². The van der Waals surface area contributed by atoms with Crippen LogP contribution in [0.15, 0.2) is 18.2 Å². The summed E-state index contributed by atoms with van der Waals surface area (Å²) in [5, 5.41) is 5.21. The molecule has 1 fully saturated rings. The molecule has 1 aliphatic rings. The van der Waals surface area contributed by atoms with Crippen LogP contribution in [-0.4, -0.2) is 31.9 Å². The van der Waals surface area contributed by atoms with Crippen LogP contribution < -0.4 is 15.4 Å². The van der Waals surface area contributed by atoms with Gasteiger partial charge in [-0.15, -0.1) is 0 Å². The number of anilines is 1. The average Bonchev–Trinajstić information content (AvgIpc) is 2.93. The van der Waals surface area contributed by atoms with Gasteiger partial charge in [0.15, 0.2) is 0 Å². The van der Waals surface area contributed by atoms with Crippen LogP contribution in [0.5, 0.6) is 5.75 Å². The number of nitrogens with one attached hydrogen (secondary N) is 2. The van der Waals surface area contributed by atoms with E-state index in [0.29, 0.717) is 18.8 Å². The molecule has 1 aliphatic heterocycles. The Labute approximate surface area is 125 Å². The third kappa shape index (κ3) is 5.02. The first kappa shape index (κ1) is 15.8. The molecule has 0 unspecified atom stereocenters. The van der Waals surface area contributed by atoms with E-state index < -0.39 is 12.6 Å². The highest BCUT2D eigenvalue weighted by Gasteiger charge is 2.16. The summed E-state index contributed by atoms with van der Waals surface area (Å²) >= 11 is 5.72. The van der Waals surface area contributed by atoms with Gasteiger partial charge in [0.1, 0.15) is 5.75 Å². The summed E-state index contributed by atoms with van der Waals surface area (Å²) in [4.78, 5) is 11.7. The number of halogens is 3. The predicted octanol–water partition coefficient (Wildman–Crippen LogP) is 3.24. The second kappa shape index (κ2) is 7.42. The molecule has 1 aromatic carbocycles. The lowest BCUT2D eigenvalue weighted by molar-refractivity contribution is -0.0497. The zero-order valence-electron chi connectivity index (χ0n) is 11.1. The summed E-state index contributed by atoms with van der Waals surface area (Å²) in [5.74, 6) is -0.191. The van der Waals surface area contributed by atoms with Gasteiger partial charge < -0.3 is 20.1 Å². The van der Waals surface area contributed by atoms with E-state index in [1.54, 1.807) is 0 Å². The second-order valence-electron chi connectivity index (χ2n) is 4.49. The summed E-state index contributed by atoms with van der Waals surface area (Å²) in [6.45, 7) is -1.87. The lowest BCUT2D eigenvalue weighted by Gasteiger charge is -2.13. The standard InChI is InChI=1S/C13H15ClF2N2O3/c14-10-4-3-8(6-11(10)21-12(15)16)18-13(19)17-7-9-2-1-5-20-9/h3-4,6,9,12H,1-2,5,7H2,(H2,17,18,19)/t9-/m0/s1. The lowest BCUT2D eigenvalue weighted by atomic mass is 10.2. The van der Waals surface area contributed by atoms with Crippen molar-refractivity contribution in [2.45, 2.75) is 25.6 Å². The number of urea groups is 1. The molecule has 0 radical (unpaired) electrons. The van der Waals surface area contributed by atoms with Crippen molar-refractivity contribution in [2.24, 2.45) is 0 Å². The zero-order valence-corrected chi connectivity index (χ0v) is 11.8. The largest absolute Gasteiger partial charge is 0.433 e. The molecule has 1 aromatic rings. The van der Waals surface area contributed by atoms with Crippen LogP contribution in [0, 0.1) is 0 Å². The van der Waals surface area contributed by atoms with Crippen LogP contribution in [0.3, 0.4) is 0 Å². The fourth-order valence-corrected chi connectivity index (χ4v) is 2.12. The Bertz CT molecular complexity index is 496. The maximum absolute atomic E-state index is 12.2. The van der Waals surface area contributed by atoms with Gasteiger partial charge in [0, 0.05) is 24.9 Å². The minimum Gasteiger partial charge on any atom is -0.433 e. The van der Waals surface area contributed by atoms with Crippen molar-refractivity contribution in [2.75, 3.05) is 18.5 Å². The van der Waals surface area contributed by atoms with Gasteiger partial charge in [0.05, 0.1) is 11.1 Å². The molecule has 1 atom stereocenters. The highest BCUT2D eigenvalue weighted by atomic mass is 35.5. The van der Waals surface area contributed by atoms with Gasteiger partial charge in [-0.25, -0.2) is 4.79 Å². The average molecular weight is 321 g/mol. The Morgan fingerprint density at radius 1 is 1.52 bits per heavy atom. The van der Waals surface area contributed by atoms with Gasteiger partial charge in [-0.2, -0.15) is 8.78 Å². The van der Waals surface area contributed by atoms with Crippen LogP contribution in [0.2, 0.25) is 5.02 Å². The first-order valence-corrected chi connectivity index (χ1v) is 6.83. The van der Waals surface area contributed by atoms with Crippen LogP contribution in [0.25, 0.3) is 0 Å². The van der Waals surface area contributed by atoms with Gasteiger partial charge in [0.2, 0.25) is 0 Å². The Morgan fingerprint density at radius 3 is 3.00 bits per heavy atom. The van der Waals surface area contributed by atoms with E-state index in [4.69, 9.17) is 16.3 Å². The number of hydrogen-bond acceptors (Lipinski definition) is 3. The molecule has 116 valence electrons. The second-order valence-corrected chi connectivity index (χ2v) is 4.90. The Hall–Kier alpha value is -1.60. The van der Waals surface area contributed by atoms with Gasteiger partial charge in [-0.1, -0.05) is 11.6 Å². The molecule has 1 heterocycles. The fourth-order valence-electron chi connectivity index (χ4n) is 1.95. The highest BCUT2D eigenvalue weighted by molar-refractivity contribution is 6.32. The maximum Gasteiger partial charge on any atom is 0.387 e. The quantitative estimate of drug-likeness (QED) is 0.875. The Balaban J connectivity index is 1.87. The monoisotopic (exact) mass is 320 g/mol. The minimum absolute atomic E-state index is 0.0266. The van der Waals surface area contributed by atoms with Crippen LogP contribution in [0.4, 0.5) is 19.3 Å². The van der Waals surface area contributed by atoms with Gasteiger partial charge in [-0.05, 0) is 25.0 Å². The minimum atomic E-state index is -2.98. The van der Waals surface area contributed by atoms with Gasteiger partial charge in [-0.3, -0.25) is 0 Å². The number of carbonyl (C=O) groups is 1. The van der Waals surface area contributed by atoms with Crippen molar-refractivity contribution < 1.29 is 23.0 Å². The van der Waals surface area contributed by atoms with Crippen molar-refractivity contribution in [3.8, 4) is 5.75 Å². The fraction of sp³-hybridized carbons (Fsp3) is 0.462. The lowest BCUT2D eigenvalue weighted by Crippen LogP contribution is -2.35. The third-order valence-electron chi connectivity index (χ3n) is 2.92. The van der Waals surface area contributed by atoms with Crippen molar-refractivity contribution in [1.29, 1.82) is 0 Å². The molecule has 0 aliphatic carbocycles. The summed E-state index contributed by atoms with van der Waals surface area (Å²) in [6.07, 6.45) is 1.92. The number of ether oxygens (including phenoxy) is 2. The molecule has 2 amide bonds. The first-order valence-electron chi connectivity index (χ1n) is 6.45. The molecule has 8 heteroatoms. The number of hydrogen-bond donors (Lipinski definition) is 2. The van der Waals surface area contributed by atoms with Crippen LogP contribution in [0.1, 0.15) is 12.8 Å². The Kier molecular flexibility index (Phi) is 5.58. The number of carbonyl (C=O) groups excluding carboxylic acids is 1. The number of alkyl halides is 2. The van der Waals surface area contributed by atoms with E-state index in [0.717, 1.165) is 12.8 Å². The molecule has 21 heavy (non-hydrogen) atoms. The predicted molar refractivity (Wildman–Crippen MR) is 74.1 cm³/mol. The first-order chi connectivity index (χ1) is 10.0. The van der Waals surface area contributed by atoms with Gasteiger partial charge in [0.25, 0.3) is 0 Å². The molecular formula is C13H15ClF2N2O3. The topological polar surface area (TPSA) is 59.6 Å².